The molecule has 4 rings (SSSR count). The molecule has 4 aromatic rings. The maximum Gasteiger partial charge on any atom is 0.254 e. The standard InChI is InChI=1S/C28H30ClF2N5O2/c1-4-17-6-5-7-18(8-17)13-32-15-24(37)23(11-19-9-20(30)12-21(31)10-19)34-28(38)22-14-33-27-25(26(22)29)16(2)35-36(27)3/h5-10,12,14,23-24,32,37H,4,11,13,15H2,1-3H3,(H,34,38)/t23-,24+/m0/s1. The monoisotopic (exact) mass is 541 g/mol. The van der Waals surface area contributed by atoms with Crippen LogP contribution in [-0.4, -0.2) is 44.5 Å². The van der Waals surface area contributed by atoms with Crippen LogP contribution in [-0.2, 0) is 26.4 Å². The van der Waals surface area contributed by atoms with Crippen molar-refractivity contribution < 1.29 is 18.7 Å². The molecule has 1 amide bonds. The lowest BCUT2D eigenvalue weighted by molar-refractivity contribution is 0.0829. The molecule has 2 aromatic carbocycles. The van der Waals surface area contributed by atoms with Crippen molar-refractivity contribution in [3.8, 4) is 0 Å². The first-order chi connectivity index (χ1) is 18.2. The SMILES string of the molecule is CCc1cccc(CNC[C@@H](O)[C@H](Cc2cc(F)cc(F)c2)NC(=O)c2cnc3c(c(C)nn3C)c2Cl)c1. The molecule has 0 aliphatic rings. The summed E-state index contributed by atoms with van der Waals surface area (Å²) in [7, 11) is 1.73. The van der Waals surface area contributed by atoms with E-state index in [2.05, 4.69) is 33.7 Å². The second-order valence-corrected chi connectivity index (χ2v) is 9.70. The largest absolute Gasteiger partial charge is 0.390 e. The van der Waals surface area contributed by atoms with E-state index in [4.69, 9.17) is 11.6 Å². The molecule has 7 nitrogen and oxygen atoms in total. The van der Waals surface area contributed by atoms with Gasteiger partial charge < -0.3 is 15.7 Å². The lowest BCUT2D eigenvalue weighted by atomic mass is 10.00. The number of carbonyl (C=O) groups is 1. The Kier molecular flexibility index (Phi) is 8.71. The highest BCUT2D eigenvalue weighted by molar-refractivity contribution is 6.38. The van der Waals surface area contributed by atoms with Gasteiger partial charge in [-0.3, -0.25) is 9.48 Å². The first-order valence-electron chi connectivity index (χ1n) is 12.4. The first kappa shape index (κ1) is 27.6. The number of aliphatic hydroxyl groups excluding tert-OH is 1. The number of aromatic nitrogens is 3. The number of amides is 1. The molecular formula is C28H30ClF2N5O2. The second kappa shape index (κ2) is 12.0. The van der Waals surface area contributed by atoms with Gasteiger partial charge in [0.05, 0.1) is 33.8 Å². The van der Waals surface area contributed by atoms with Crippen LogP contribution in [0.2, 0.25) is 5.02 Å². The summed E-state index contributed by atoms with van der Waals surface area (Å²) in [4.78, 5) is 17.6. The number of hydrogen-bond acceptors (Lipinski definition) is 5. The molecule has 2 atom stereocenters. The third-order valence-electron chi connectivity index (χ3n) is 6.45. The van der Waals surface area contributed by atoms with E-state index in [1.807, 2.05) is 18.2 Å². The Hall–Kier alpha value is -3.40. The van der Waals surface area contributed by atoms with Crippen molar-refractivity contribution in [1.29, 1.82) is 0 Å². The van der Waals surface area contributed by atoms with Crippen LogP contribution >= 0.6 is 11.6 Å². The van der Waals surface area contributed by atoms with Gasteiger partial charge in [0.1, 0.15) is 11.6 Å². The zero-order chi connectivity index (χ0) is 27.4. The zero-order valence-corrected chi connectivity index (χ0v) is 22.2. The van der Waals surface area contributed by atoms with Crippen molar-refractivity contribution in [3.63, 3.8) is 0 Å². The molecule has 200 valence electrons. The maximum absolute atomic E-state index is 13.9. The van der Waals surface area contributed by atoms with Gasteiger partial charge in [0.2, 0.25) is 0 Å². The predicted octanol–water partition coefficient (Wildman–Crippen LogP) is 4.26. The van der Waals surface area contributed by atoms with Gasteiger partial charge in [-0.05, 0) is 48.6 Å². The summed E-state index contributed by atoms with van der Waals surface area (Å²) in [6, 6.07) is 10.4. The molecule has 0 saturated carbocycles. The van der Waals surface area contributed by atoms with Crippen molar-refractivity contribution >= 4 is 28.5 Å². The molecule has 0 aliphatic heterocycles. The van der Waals surface area contributed by atoms with Crippen LogP contribution in [0.1, 0.15) is 39.7 Å². The summed E-state index contributed by atoms with van der Waals surface area (Å²) in [6.45, 7) is 4.48. The highest BCUT2D eigenvalue weighted by atomic mass is 35.5. The molecule has 2 heterocycles. The number of nitrogens with one attached hydrogen (secondary N) is 2. The van der Waals surface area contributed by atoms with Gasteiger partial charge in [0.15, 0.2) is 5.65 Å². The van der Waals surface area contributed by atoms with Gasteiger partial charge in [-0.15, -0.1) is 0 Å². The summed E-state index contributed by atoms with van der Waals surface area (Å²) in [5.74, 6) is -2.04. The average Bonchev–Trinajstić information content (AvgIpc) is 3.17. The van der Waals surface area contributed by atoms with Crippen molar-refractivity contribution in [3.05, 3.63) is 93.3 Å². The number of pyridine rings is 1. The maximum atomic E-state index is 13.9. The number of aryl methyl sites for hydroxylation is 3. The number of benzene rings is 2. The lowest BCUT2D eigenvalue weighted by Gasteiger charge is -2.25. The molecule has 0 saturated heterocycles. The fraction of sp³-hybridized carbons (Fsp3) is 0.321. The molecule has 0 radical (unpaired) electrons. The van der Waals surface area contributed by atoms with Crippen molar-refractivity contribution in [2.24, 2.45) is 7.05 Å². The molecular weight excluding hydrogens is 512 g/mol. The van der Waals surface area contributed by atoms with Crippen LogP contribution < -0.4 is 10.6 Å². The predicted molar refractivity (Wildman–Crippen MR) is 143 cm³/mol. The number of fused-ring (bicyclic) bond motifs is 1. The second-order valence-electron chi connectivity index (χ2n) is 9.33. The highest BCUT2D eigenvalue weighted by Gasteiger charge is 2.25. The number of aliphatic hydroxyl groups is 1. The lowest BCUT2D eigenvalue weighted by Crippen LogP contribution is -2.48. The first-order valence-corrected chi connectivity index (χ1v) is 12.7. The molecule has 2 aromatic heterocycles. The van der Waals surface area contributed by atoms with Gasteiger partial charge in [-0.1, -0.05) is 42.8 Å². The van der Waals surface area contributed by atoms with Crippen LogP contribution in [0.3, 0.4) is 0 Å². The third kappa shape index (κ3) is 6.35. The van der Waals surface area contributed by atoms with Crippen LogP contribution in [0.25, 0.3) is 11.0 Å². The summed E-state index contributed by atoms with van der Waals surface area (Å²) in [5.41, 5.74) is 3.83. The van der Waals surface area contributed by atoms with Crippen LogP contribution in [0.5, 0.6) is 0 Å². The topological polar surface area (TPSA) is 92.1 Å². The fourth-order valence-corrected chi connectivity index (χ4v) is 4.86. The Labute approximate surface area is 224 Å². The quantitative estimate of drug-likeness (QED) is 0.279. The van der Waals surface area contributed by atoms with Crippen molar-refractivity contribution in [2.45, 2.75) is 45.4 Å². The van der Waals surface area contributed by atoms with Crippen LogP contribution in [0.15, 0.2) is 48.7 Å². The number of nitrogens with zero attached hydrogens (tertiary/aromatic N) is 3. The van der Waals surface area contributed by atoms with E-state index in [-0.39, 0.29) is 23.6 Å². The highest BCUT2D eigenvalue weighted by Crippen LogP contribution is 2.28. The Bertz CT molecular complexity index is 1440. The van der Waals surface area contributed by atoms with Gasteiger partial charge >= 0.3 is 0 Å². The normalized spacial score (nSPS) is 13.0. The van der Waals surface area contributed by atoms with Crippen molar-refractivity contribution in [2.75, 3.05) is 6.54 Å². The molecule has 0 aliphatic carbocycles. The minimum absolute atomic E-state index is 0.00615. The van der Waals surface area contributed by atoms with Gasteiger partial charge in [0, 0.05) is 32.4 Å². The van der Waals surface area contributed by atoms with E-state index < -0.39 is 29.7 Å². The van der Waals surface area contributed by atoms with E-state index in [1.165, 1.54) is 23.9 Å². The smallest absolute Gasteiger partial charge is 0.254 e. The Morgan fingerprint density at radius 3 is 2.55 bits per heavy atom. The molecule has 10 heteroatoms. The number of hydrogen-bond donors (Lipinski definition) is 3. The minimum atomic E-state index is -1.07. The van der Waals surface area contributed by atoms with Crippen LogP contribution in [0.4, 0.5) is 8.78 Å². The van der Waals surface area contributed by atoms with Crippen molar-refractivity contribution in [1.82, 2.24) is 25.4 Å². The van der Waals surface area contributed by atoms with Gasteiger partial charge in [-0.2, -0.15) is 5.10 Å². The number of carbonyl (C=O) groups excluding carboxylic acids is 1. The molecule has 0 spiro atoms. The molecule has 3 N–H and O–H groups in total. The summed E-state index contributed by atoms with van der Waals surface area (Å²) in [5, 5.41) is 22.1. The van der Waals surface area contributed by atoms with Crippen LogP contribution in [0, 0.1) is 18.6 Å². The fourth-order valence-electron chi connectivity index (χ4n) is 4.50. The molecule has 0 fully saturated rings. The molecule has 38 heavy (non-hydrogen) atoms. The number of rotatable bonds is 10. The van der Waals surface area contributed by atoms with E-state index >= 15 is 0 Å². The molecule has 0 bridgehead atoms. The number of halogens is 3. The summed E-state index contributed by atoms with van der Waals surface area (Å²) >= 11 is 6.57. The van der Waals surface area contributed by atoms with E-state index in [0.29, 0.717) is 28.8 Å². The third-order valence-corrected chi connectivity index (χ3v) is 6.84. The average molecular weight is 542 g/mol. The van der Waals surface area contributed by atoms with Gasteiger partial charge in [0.25, 0.3) is 5.91 Å². The van der Waals surface area contributed by atoms with E-state index in [1.54, 1.807) is 18.7 Å². The Balaban J connectivity index is 1.54. The zero-order valence-electron chi connectivity index (χ0n) is 21.4. The Morgan fingerprint density at radius 2 is 1.84 bits per heavy atom. The van der Waals surface area contributed by atoms with E-state index in [9.17, 15) is 18.7 Å². The van der Waals surface area contributed by atoms with Gasteiger partial charge in [-0.25, -0.2) is 13.8 Å². The summed E-state index contributed by atoms with van der Waals surface area (Å²) in [6.07, 6.45) is 1.19. The van der Waals surface area contributed by atoms with E-state index in [0.717, 1.165) is 18.1 Å². The molecule has 0 unspecified atom stereocenters. The summed E-state index contributed by atoms with van der Waals surface area (Å²) < 4.78 is 29.3. The Morgan fingerprint density at radius 1 is 1.13 bits per heavy atom. The minimum Gasteiger partial charge on any atom is -0.390 e.